The van der Waals surface area contributed by atoms with E-state index in [1.165, 1.54) is 30.0 Å². The van der Waals surface area contributed by atoms with Crippen LogP contribution in [0.3, 0.4) is 0 Å². The van der Waals surface area contributed by atoms with Crippen LogP contribution in [0.1, 0.15) is 17.0 Å². The molecule has 1 N–H and O–H groups in total. The molecule has 6 nitrogen and oxygen atoms in total. The van der Waals surface area contributed by atoms with Gasteiger partial charge in [-0.1, -0.05) is 66.4 Å². The van der Waals surface area contributed by atoms with Gasteiger partial charge in [-0.05, 0) is 11.6 Å². The second kappa shape index (κ2) is 10.9. The summed E-state index contributed by atoms with van der Waals surface area (Å²) in [5, 5.41) is 11.6. The van der Waals surface area contributed by atoms with Gasteiger partial charge in [0, 0.05) is 25.1 Å². The number of halogens is 3. The summed E-state index contributed by atoms with van der Waals surface area (Å²) in [6.45, 7) is 4.15. The quantitative estimate of drug-likeness (QED) is 0.358. The number of aromatic nitrogens is 3. The van der Waals surface area contributed by atoms with Crippen molar-refractivity contribution in [2.75, 3.05) is 5.75 Å². The van der Waals surface area contributed by atoms with E-state index >= 15 is 0 Å². The van der Waals surface area contributed by atoms with Gasteiger partial charge in [-0.25, -0.2) is 0 Å². The molecule has 0 saturated heterocycles. The number of hydrogen-bond acceptors (Lipinski definition) is 5. The first-order chi connectivity index (χ1) is 15.4. The molecule has 0 aliphatic rings. The van der Waals surface area contributed by atoms with Gasteiger partial charge in [0.25, 0.3) is 0 Å². The van der Waals surface area contributed by atoms with Crippen LogP contribution in [0.4, 0.5) is 13.2 Å². The number of ether oxygens (including phenoxy) is 1. The highest BCUT2D eigenvalue weighted by molar-refractivity contribution is 7.99. The van der Waals surface area contributed by atoms with E-state index in [2.05, 4.69) is 26.8 Å². The Kier molecular flexibility index (Phi) is 7.93. The van der Waals surface area contributed by atoms with Crippen molar-refractivity contribution in [3.63, 3.8) is 0 Å². The lowest BCUT2D eigenvalue weighted by Crippen LogP contribution is -2.26. The predicted octanol–water partition coefficient (Wildman–Crippen LogP) is 4.36. The normalized spacial score (nSPS) is 11.2. The van der Waals surface area contributed by atoms with E-state index < -0.39 is 6.36 Å². The minimum atomic E-state index is -4.80. The van der Waals surface area contributed by atoms with Gasteiger partial charge in [0.15, 0.2) is 5.16 Å². The van der Waals surface area contributed by atoms with E-state index in [0.717, 1.165) is 11.4 Å². The maximum atomic E-state index is 12.5. The zero-order valence-corrected chi connectivity index (χ0v) is 17.8. The van der Waals surface area contributed by atoms with Gasteiger partial charge >= 0.3 is 6.36 Å². The molecule has 1 heterocycles. The molecule has 32 heavy (non-hydrogen) atoms. The molecular formula is C22H21F3N4O2S. The summed E-state index contributed by atoms with van der Waals surface area (Å²) >= 11 is 1.19. The van der Waals surface area contributed by atoms with Gasteiger partial charge in [0.1, 0.15) is 11.6 Å². The maximum absolute atomic E-state index is 12.5. The molecule has 0 fully saturated rings. The van der Waals surface area contributed by atoms with Gasteiger partial charge in [0.2, 0.25) is 5.91 Å². The van der Waals surface area contributed by atoms with Crippen LogP contribution in [0.5, 0.6) is 5.75 Å². The van der Waals surface area contributed by atoms with E-state index in [-0.39, 0.29) is 29.5 Å². The Morgan fingerprint density at radius 1 is 1.12 bits per heavy atom. The van der Waals surface area contributed by atoms with E-state index in [1.54, 1.807) is 12.1 Å². The number of para-hydroxylation sites is 1. The molecule has 168 valence electrons. The number of benzene rings is 2. The molecular weight excluding hydrogens is 441 g/mol. The van der Waals surface area contributed by atoms with Gasteiger partial charge in [-0.3, -0.25) is 4.79 Å². The molecule has 3 rings (SSSR count). The Morgan fingerprint density at radius 2 is 1.84 bits per heavy atom. The van der Waals surface area contributed by atoms with Crippen LogP contribution in [-0.4, -0.2) is 32.8 Å². The van der Waals surface area contributed by atoms with Crippen LogP contribution < -0.4 is 10.1 Å². The number of amides is 1. The fourth-order valence-electron chi connectivity index (χ4n) is 2.90. The largest absolute Gasteiger partial charge is 0.573 e. The fraction of sp³-hybridized carbons (Fsp3) is 0.227. The first-order valence-corrected chi connectivity index (χ1v) is 10.6. The number of carbonyl (C=O) groups excluding carboxylic acids is 1. The molecule has 0 unspecified atom stereocenters. The Morgan fingerprint density at radius 3 is 2.56 bits per heavy atom. The lowest BCUT2D eigenvalue weighted by molar-refractivity contribution is -0.274. The Labute approximate surface area is 187 Å². The van der Waals surface area contributed by atoms with Crippen molar-refractivity contribution in [1.29, 1.82) is 0 Å². The minimum Gasteiger partial charge on any atom is -0.405 e. The van der Waals surface area contributed by atoms with Crippen LogP contribution in [0.15, 0.2) is 72.4 Å². The average molecular weight is 462 g/mol. The van der Waals surface area contributed by atoms with Crippen molar-refractivity contribution in [2.45, 2.75) is 31.0 Å². The Bertz CT molecular complexity index is 1050. The Hall–Kier alpha value is -3.27. The molecule has 1 amide bonds. The van der Waals surface area contributed by atoms with Crippen LogP contribution in [0, 0.1) is 0 Å². The first kappa shape index (κ1) is 23.4. The number of allylic oxidation sites excluding steroid dienone is 1. The minimum absolute atomic E-state index is 0.0307. The predicted molar refractivity (Wildman–Crippen MR) is 115 cm³/mol. The van der Waals surface area contributed by atoms with Crippen molar-refractivity contribution in [3.05, 3.63) is 84.2 Å². The summed E-state index contributed by atoms with van der Waals surface area (Å²) in [6, 6.07) is 15.5. The number of nitrogens with zero attached hydrogens (tertiary/aromatic N) is 3. The lowest BCUT2D eigenvalue weighted by Gasteiger charge is -2.13. The second-order valence-electron chi connectivity index (χ2n) is 6.68. The molecule has 0 spiro atoms. The van der Waals surface area contributed by atoms with Gasteiger partial charge in [-0.2, -0.15) is 0 Å². The fourth-order valence-corrected chi connectivity index (χ4v) is 3.69. The highest BCUT2D eigenvalue weighted by Crippen LogP contribution is 2.26. The number of alkyl halides is 3. The van der Waals surface area contributed by atoms with Crippen LogP contribution in [-0.2, 0) is 24.3 Å². The summed E-state index contributed by atoms with van der Waals surface area (Å²) in [4.78, 5) is 12.3. The standard InChI is InChI=1S/C22H21F3N4O2S/c1-2-12-29-19(13-16-8-4-3-5-9-16)27-28-21(29)32-15-20(30)26-14-17-10-6-7-11-18(17)31-22(23,24)25/h2-11H,1,12-15H2,(H,26,30). The number of thioether (sulfide) groups is 1. The van der Waals surface area contributed by atoms with Gasteiger partial charge in [0.05, 0.1) is 5.75 Å². The molecule has 1 aromatic heterocycles. The van der Waals surface area contributed by atoms with E-state index in [4.69, 9.17) is 0 Å². The molecule has 0 aliphatic carbocycles. The highest BCUT2D eigenvalue weighted by Gasteiger charge is 2.32. The van der Waals surface area contributed by atoms with Crippen LogP contribution in [0.2, 0.25) is 0 Å². The zero-order chi connectivity index (χ0) is 23.0. The molecule has 2 aromatic carbocycles. The van der Waals surface area contributed by atoms with Crippen molar-refractivity contribution < 1.29 is 22.7 Å². The van der Waals surface area contributed by atoms with E-state index in [0.29, 0.717) is 18.1 Å². The van der Waals surface area contributed by atoms with Gasteiger partial charge in [-0.15, -0.1) is 29.9 Å². The molecule has 0 bridgehead atoms. The van der Waals surface area contributed by atoms with Crippen molar-refractivity contribution in [3.8, 4) is 5.75 Å². The summed E-state index contributed by atoms with van der Waals surface area (Å²) in [7, 11) is 0. The monoisotopic (exact) mass is 462 g/mol. The third kappa shape index (κ3) is 6.88. The third-order valence-electron chi connectivity index (χ3n) is 4.32. The van der Waals surface area contributed by atoms with Crippen molar-refractivity contribution in [1.82, 2.24) is 20.1 Å². The van der Waals surface area contributed by atoms with Crippen LogP contribution in [0.25, 0.3) is 0 Å². The molecule has 10 heteroatoms. The maximum Gasteiger partial charge on any atom is 0.573 e. The molecule has 0 radical (unpaired) electrons. The number of carbonyl (C=O) groups is 1. The van der Waals surface area contributed by atoms with E-state index in [1.807, 2.05) is 34.9 Å². The molecule has 0 saturated carbocycles. The van der Waals surface area contributed by atoms with Crippen molar-refractivity contribution >= 4 is 17.7 Å². The lowest BCUT2D eigenvalue weighted by atomic mass is 10.1. The summed E-state index contributed by atoms with van der Waals surface area (Å²) in [5.41, 5.74) is 1.31. The highest BCUT2D eigenvalue weighted by atomic mass is 32.2. The molecule has 0 aliphatic heterocycles. The summed E-state index contributed by atoms with van der Waals surface area (Å²) in [5.74, 6) is 0.0826. The number of nitrogens with one attached hydrogen (secondary N) is 1. The first-order valence-electron chi connectivity index (χ1n) is 9.66. The second-order valence-corrected chi connectivity index (χ2v) is 7.62. The van der Waals surface area contributed by atoms with E-state index in [9.17, 15) is 18.0 Å². The number of rotatable bonds is 10. The third-order valence-corrected chi connectivity index (χ3v) is 5.28. The smallest absolute Gasteiger partial charge is 0.405 e. The molecule has 3 aromatic rings. The van der Waals surface area contributed by atoms with Gasteiger partial charge < -0.3 is 14.6 Å². The SMILES string of the molecule is C=CCn1c(Cc2ccccc2)nnc1SCC(=O)NCc1ccccc1OC(F)(F)F. The number of hydrogen-bond donors (Lipinski definition) is 1. The zero-order valence-electron chi connectivity index (χ0n) is 17.0. The molecule has 0 atom stereocenters. The summed E-state index contributed by atoms with van der Waals surface area (Å²) < 4.78 is 43.5. The topological polar surface area (TPSA) is 69.0 Å². The van der Waals surface area contributed by atoms with Crippen LogP contribution >= 0.6 is 11.8 Å². The average Bonchev–Trinajstić information content (AvgIpc) is 3.13. The van der Waals surface area contributed by atoms with Crippen molar-refractivity contribution in [2.24, 2.45) is 0 Å². The summed E-state index contributed by atoms with van der Waals surface area (Å²) in [6.07, 6.45) is -2.49. The Balaban J connectivity index is 1.59.